The summed E-state index contributed by atoms with van der Waals surface area (Å²) >= 11 is 0. The number of nitrogens with zero attached hydrogens (tertiary/aromatic N) is 2. The summed E-state index contributed by atoms with van der Waals surface area (Å²) in [5.41, 5.74) is 2.09. The van der Waals surface area contributed by atoms with Crippen LogP contribution in [-0.4, -0.2) is 35.6 Å². The van der Waals surface area contributed by atoms with Crippen LogP contribution >= 0.6 is 0 Å². The van der Waals surface area contributed by atoms with Gasteiger partial charge in [-0.1, -0.05) is 18.2 Å². The minimum Gasteiger partial charge on any atom is -0.466 e. The van der Waals surface area contributed by atoms with E-state index < -0.39 is 12.0 Å². The van der Waals surface area contributed by atoms with Crippen LogP contribution in [0.5, 0.6) is 0 Å². The van der Waals surface area contributed by atoms with E-state index in [1.165, 1.54) is 6.21 Å². The third kappa shape index (κ3) is 7.70. The van der Waals surface area contributed by atoms with Crippen molar-refractivity contribution < 1.29 is 19.1 Å². The van der Waals surface area contributed by atoms with Crippen LogP contribution in [0.1, 0.15) is 43.4 Å². The quantitative estimate of drug-likeness (QED) is 0.236. The van der Waals surface area contributed by atoms with E-state index in [9.17, 15) is 14.4 Å². The first-order chi connectivity index (χ1) is 14.5. The average Bonchev–Trinajstić information content (AvgIpc) is 2.74. The number of pyridine rings is 1. The Kier molecular flexibility index (Phi) is 8.98. The topological polar surface area (TPSA) is 136 Å². The highest BCUT2D eigenvalue weighted by molar-refractivity contribution is 5.93. The molecule has 158 valence electrons. The van der Waals surface area contributed by atoms with Gasteiger partial charge in [-0.2, -0.15) is 5.10 Å². The second kappa shape index (κ2) is 11.9. The monoisotopic (exact) mass is 411 g/mol. The number of amides is 2. The summed E-state index contributed by atoms with van der Waals surface area (Å²) in [6, 6.07) is 9.85. The van der Waals surface area contributed by atoms with Gasteiger partial charge in [0.1, 0.15) is 0 Å². The first-order valence-corrected chi connectivity index (χ1v) is 9.50. The van der Waals surface area contributed by atoms with Crippen LogP contribution in [0.25, 0.3) is 0 Å². The standard InChI is InChI=1S/C21H25N5O4/c1-2-30-21(29)12-18(16-4-3-11-23-14-16)26-20(28)10-9-19(27)25-17-7-5-15(6-8-17)13-24-22/h3-8,11,13-14,18H,2,9-10,12,22H2,1H3,(H,25,27)(H,26,28). The number of carbonyl (C=O) groups excluding carboxylic acids is 3. The number of hydrogen-bond acceptors (Lipinski definition) is 7. The molecule has 9 heteroatoms. The number of anilines is 1. The molecular formula is C21H25N5O4. The molecule has 1 aromatic heterocycles. The molecule has 30 heavy (non-hydrogen) atoms. The van der Waals surface area contributed by atoms with Crippen molar-refractivity contribution in [3.63, 3.8) is 0 Å². The predicted octanol–water partition coefficient (Wildman–Crippen LogP) is 1.90. The van der Waals surface area contributed by atoms with Crippen molar-refractivity contribution in [3.05, 3.63) is 59.9 Å². The number of nitrogens with one attached hydrogen (secondary N) is 2. The molecule has 0 aliphatic rings. The molecule has 0 aliphatic heterocycles. The number of nitrogens with two attached hydrogens (primary N) is 1. The molecule has 2 rings (SSSR count). The number of aromatic nitrogens is 1. The third-order valence-corrected chi connectivity index (χ3v) is 4.10. The van der Waals surface area contributed by atoms with Crippen LogP contribution in [0.4, 0.5) is 5.69 Å². The number of carbonyl (C=O) groups is 3. The van der Waals surface area contributed by atoms with E-state index in [0.29, 0.717) is 11.3 Å². The number of benzene rings is 1. The van der Waals surface area contributed by atoms with E-state index in [2.05, 4.69) is 20.7 Å². The van der Waals surface area contributed by atoms with Gasteiger partial charge in [0.2, 0.25) is 11.8 Å². The Morgan fingerprint density at radius 1 is 1.17 bits per heavy atom. The van der Waals surface area contributed by atoms with E-state index in [-0.39, 0.29) is 37.7 Å². The SMILES string of the molecule is CCOC(=O)CC(NC(=O)CCC(=O)Nc1ccc(C=NN)cc1)c1cccnc1. The van der Waals surface area contributed by atoms with Gasteiger partial charge in [-0.15, -0.1) is 0 Å². The van der Waals surface area contributed by atoms with Crippen molar-refractivity contribution in [2.45, 2.75) is 32.2 Å². The molecule has 0 saturated carbocycles. The lowest BCUT2D eigenvalue weighted by molar-refractivity contribution is -0.144. The largest absolute Gasteiger partial charge is 0.466 e. The Morgan fingerprint density at radius 3 is 2.53 bits per heavy atom. The lowest BCUT2D eigenvalue weighted by atomic mass is 10.1. The minimum atomic E-state index is -0.579. The molecule has 0 aliphatic carbocycles. The molecule has 0 saturated heterocycles. The summed E-state index contributed by atoms with van der Waals surface area (Å²) in [6.45, 7) is 1.97. The fourth-order valence-corrected chi connectivity index (χ4v) is 2.68. The highest BCUT2D eigenvalue weighted by atomic mass is 16.5. The summed E-state index contributed by atoms with van der Waals surface area (Å²) in [7, 11) is 0. The number of rotatable bonds is 10. The van der Waals surface area contributed by atoms with Gasteiger partial charge in [0.15, 0.2) is 0 Å². The zero-order chi connectivity index (χ0) is 21.8. The molecule has 0 bridgehead atoms. The van der Waals surface area contributed by atoms with E-state index in [4.69, 9.17) is 10.6 Å². The molecule has 0 spiro atoms. The molecule has 4 N–H and O–H groups in total. The van der Waals surface area contributed by atoms with Crippen molar-refractivity contribution >= 4 is 29.7 Å². The van der Waals surface area contributed by atoms with Gasteiger partial charge in [0.05, 0.1) is 25.3 Å². The van der Waals surface area contributed by atoms with Gasteiger partial charge < -0.3 is 21.2 Å². The summed E-state index contributed by atoms with van der Waals surface area (Å²) in [5, 5.41) is 8.93. The van der Waals surface area contributed by atoms with Gasteiger partial charge >= 0.3 is 5.97 Å². The molecule has 1 unspecified atom stereocenters. The molecule has 2 amide bonds. The zero-order valence-corrected chi connectivity index (χ0v) is 16.7. The lowest BCUT2D eigenvalue weighted by Gasteiger charge is -2.18. The van der Waals surface area contributed by atoms with Crippen molar-refractivity contribution in [2.75, 3.05) is 11.9 Å². The van der Waals surface area contributed by atoms with E-state index >= 15 is 0 Å². The molecule has 1 atom stereocenters. The molecule has 0 radical (unpaired) electrons. The second-order valence-electron chi connectivity index (χ2n) is 6.36. The second-order valence-corrected chi connectivity index (χ2v) is 6.36. The molecular weight excluding hydrogens is 386 g/mol. The van der Waals surface area contributed by atoms with Crippen LogP contribution in [0.3, 0.4) is 0 Å². The minimum absolute atomic E-state index is 0.00297. The van der Waals surface area contributed by atoms with Crippen molar-refractivity contribution in [3.8, 4) is 0 Å². The highest BCUT2D eigenvalue weighted by Gasteiger charge is 2.20. The van der Waals surface area contributed by atoms with E-state index in [0.717, 1.165) is 5.56 Å². The van der Waals surface area contributed by atoms with Gasteiger partial charge in [0.25, 0.3) is 0 Å². The molecule has 9 nitrogen and oxygen atoms in total. The van der Waals surface area contributed by atoms with Crippen LogP contribution in [0.15, 0.2) is 53.9 Å². The fourth-order valence-electron chi connectivity index (χ4n) is 2.68. The third-order valence-electron chi connectivity index (χ3n) is 4.10. The maximum Gasteiger partial charge on any atom is 0.308 e. The van der Waals surface area contributed by atoms with Crippen molar-refractivity contribution in [1.82, 2.24) is 10.3 Å². The molecule has 1 aromatic carbocycles. The Hall–Kier alpha value is -3.75. The number of esters is 1. The summed E-state index contributed by atoms with van der Waals surface area (Å²) < 4.78 is 4.97. The van der Waals surface area contributed by atoms with E-state index in [1.807, 2.05) is 0 Å². The number of hydrogen-bond donors (Lipinski definition) is 3. The number of ether oxygens (including phenoxy) is 1. The smallest absolute Gasteiger partial charge is 0.308 e. The molecule has 2 aromatic rings. The summed E-state index contributed by atoms with van der Waals surface area (Å²) in [5.74, 6) is 4.02. The summed E-state index contributed by atoms with van der Waals surface area (Å²) in [6.07, 6.45) is 4.63. The summed E-state index contributed by atoms with van der Waals surface area (Å²) in [4.78, 5) is 40.4. The maximum absolute atomic E-state index is 12.3. The Balaban J connectivity index is 1.88. The van der Waals surface area contributed by atoms with Crippen LogP contribution in [0, 0.1) is 0 Å². The normalized spacial score (nSPS) is 11.6. The highest BCUT2D eigenvalue weighted by Crippen LogP contribution is 2.17. The zero-order valence-electron chi connectivity index (χ0n) is 16.7. The van der Waals surface area contributed by atoms with Gasteiger partial charge in [-0.25, -0.2) is 0 Å². The Bertz CT molecular complexity index is 869. The fraction of sp³-hybridized carbons (Fsp3) is 0.286. The van der Waals surface area contributed by atoms with Gasteiger partial charge in [-0.05, 0) is 36.2 Å². The van der Waals surface area contributed by atoms with Crippen molar-refractivity contribution in [1.29, 1.82) is 0 Å². The van der Waals surface area contributed by atoms with Crippen LogP contribution in [0.2, 0.25) is 0 Å². The molecule has 1 heterocycles. The van der Waals surface area contributed by atoms with E-state index in [1.54, 1.807) is 55.7 Å². The van der Waals surface area contributed by atoms with Crippen LogP contribution in [-0.2, 0) is 19.1 Å². The predicted molar refractivity (Wildman–Crippen MR) is 112 cm³/mol. The van der Waals surface area contributed by atoms with Crippen LogP contribution < -0.4 is 16.5 Å². The molecule has 0 fully saturated rings. The Morgan fingerprint density at radius 2 is 1.90 bits per heavy atom. The van der Waals surface area contributed by atoms with Crippen molar-refractivity contribution in [2.24, 2.45) is 10.9 Å². The van der Waals surface area contributed by atoms with Gasteiger partial charge in [-0.3, -0.25) is 19.4 Å². The number of hydrazone groups is 1. The lowest BCUT2D eigenvalue weighted by Crippen LogP contribution is -2.31. The first kappa shape index (κ1) is 22.5. The Labute approximate surface area is 174 Å². The first-order valence-electron chi connectivity index (χ1n) is 9.50. The maximum atomic E-state index is 12.3. The average molecular weight is 411 g/mol. The van der Waals surface area contributed by atoms with Gasteiger partial charge in [0, 0.05) is 30.9 Å².